The van der Waals surface area contributed by atoms with Crippen LogP contribution < -0.4 is 43.6 Å². The number of aliphatic hydroxyl groups is 2. The van der Waals surface area contributed by atoms with E-state index in [1.807, 2.05) is 66.4 Å². The molecule has 31 heteroatoms. The van der Waals surface area contributed by atoms with E-state index in [-0.39, 0.29) is 73.8 Å². The number of aromatic amines is 1. The van der Waals surface area contributed by atoms with Crippen LogP contribution in [0.1, 0.15) is 104 Å². The maximum absolute atomic E-state index is 12.3. The number of aromatic hydroxyl groups is 3. The Kier molecular flexibility index (Phi) is 29.5. The Morgan fingerprint density at radius 3 is 1.33 bits per heavy atom. The predicted molar refractivity (Wildman–Crippen MR) is 498 cm³/mol. The number of aromatic nitrogens is 7. The summed E-state index contributed by atoms with van der Waals surface area (Å²) in [5.41, 5.74) is 10.9. The fourth-order valence-corrected chi connectivity index (χ4v) is 19.5. The number of fused-ring (bicyclic) bond motifs is 6. The standard InChI is InChI=1S/C33H42N6O4.C31H41N7O3.C31H38N6O4.H2S/c1-2-31(42)38-16-17-39(25(21-38)23-40)32-28-11-15-37(30-20-26(41)19-24-9-4-5-10-27(24)30)22-29(28)34-33(35-32)43-18-8-14-36-12-6-3-7-13-36;1-3-28(40)36-13-15-37(16-14-36)30-25-8-12-38(27-20-24(39)19-23-18-22(2)32-29(23)27)21-26(25)33-31(34-30)41-17-7-11-35-9-5-4-6-10-35;1-3-29(40)36-13-14-37(23(17-36)19-38)30-26-10-12-35(28-16-24(39)15-21-7-4-5-9-25(21)28)18-27(26)32-31(33-30)41-20-22-8-6-11-34(22)2;/h2,4-5,9-10,19-20,25,40-41H,1,3,6-8,11-18,21-23H2;3,18-20,32,39H,1,4-17,21H2,2H3;3-5,7,9,15-16,22-23,38-39H,1,6,8,10-14,17-20H2,2H3;1H2/t;;22-,23?;/m..0./s1. The number of piperidine rings is 2. The van der Waals surface area contributed by atoms with Crippen LogP contribution in [-0.2, 0) is 53.3 Å². The molecule has 18 rings (SSSR count). The molecule has 0 bridgehead atoms. The lowest BCUT2D eigenvalue weighted by Gasteiger charge is -2.42. The van der Waals surface area contributed by atoms with Crippen LogP contribution in [0.2, 0.25) is 0 Å². The normalized spacial score (nSPS) is 19.4. The van der Waals surface area contributed by atoms with Crippen LogP contribution in [0.5, 0.6) is 35.3 Å². The molecule has 13 heterocycles. The average Bonchev–Trinajstić information content (AvgIpc) is 0.981. The zero-order chi connectivity index (χ0) is 86.6. The number of hydrogen-bond acceptors (Lipinski definition) is 26. The smallest absolute Gasteiger partial charge is 0.318 e. The van der Waals surface area contributed by atoms with Gasteiger partial charge in [0.15, 0.2) is 0 Å². The highest BCUT2D eigenvalue weighted by Crippen LogP contribution is 2.42. The number of hydrogen-bond donors (Lipinski definition) is 6. The Labute approximate surface area is 744 Å². The van der Waals surface area contributed by atoms with E-state index in [9.17, 15) is 39.9 Å². The first-order valence-corrected chi connectivity index (χ1v) is 44.9. The van der Waals surface area contributed by atoms with Gasteiger partial charge in [-0.3, -0.25) is 14.4 Å². The van der Waals surface area contributed by atoms with Crippen LogP contribution in [0.15, 0.2) is 129 Å². The van der Waals surface area contributed by atoms with E-state index in [4.69, 9.17) is 44.1 Å². The minimum Gasteiger partial charge on any atom is -0.508 e. The minimum absolute atomic E-state index is 0. The molecule has 3 amide bonds. The van der Waals surface area contributed by atoms with Gasteiger partial charge < -0.3 is 104 Å². The SMILES string of the molecule is C=CC(=O)N1CCN(c2nc(OCCCN3CCCCC3)nc3c2CCN(c2cc(O)cc4cc(C)[nH]c24)C3)CC1.C=CC(=O)N1CCN(c2nc(OCCCN3CCCCC3)nc3c2CCN(c2cc(O)cc4ccccc24)C3)C(CO)C1.C=CC(=O)N1CCN(c2nc(OC[C@@H]3CCCN3C)nc3c2CCN(c2cc(O)cc4ccccc24)C3)C(CO)C1.S. The maximum Gasteiger partial charge on any atom is 0.318 e. The Bertz CT molecular complexity index is 5350. The van der Waals surface area contributed by atoms with E-state index < -0.39 is 0 Å². The van der Waals surface area contributed by atoms with E-state index in [2.05, 4.69) is 94.1 Å². The molecule has 0 radical (unpaired) electrons. The van der Waals surface area contributed by atoms with Crippen LogP contribution in [0.3, 0.4) is 0 Å². The first-order valence-electron chi connectivity index (χ1n) is 44.9. The highest BCUT2D eigenvalue weighted by atomic mass is 32.1. The predicted octanol–water partition coefficient (Wildman–Crippen LogP) is 9.65. The van der Waals surface area contributed by atoms with Gasteiger partial charge in [0.2, 0.25) is 17.7 Å². The summed E-state index contributed by atoms with van der Waals surface area (Å²) in [5.74, 6) is 2.90. The van der Waals surface area contributed by atoms with Crippen LogP contribution in [0.4, 0.5) is 34.5 Å². The minimum atomic E-state index is -0.298. The van der Waals surface area contributed by atoms with Crippen LogP contribution in [0, 0.1) is 6.92 Å². The molecule has 126 heavy (non-hydrogen) atoms. The number of phenols is 3. The number of anilines is 6. The summed E-state index contributed by atoms with van der Waals surface area (Å²) < 4.78 is 18.6. The summed E-state index contributed by atoms with van der Waals surface area (Å²) in [4.78, 5) is 95.7. The summed E-state index contributed by atoms with van der Waals surface area (Å²) >= 11 is 0. The number of amides is 3. The largest absolute Gasteiger partial charge is 0.508 e. The number of carbonyl (C=O) groups excluding carboxylic acids is 3. The van der Waals surface area contributed by atoms with Crippen LogP contribution in [0.25, 0.3) is 32.4 Å². The van der Waals surface area contributed by atoms with Crippen molar-refractivity contribution in [2.45, 2.75) is 128 Å². The van der Waals surface area contributed by atoms with Crippen molar-refractivity contribution in [3.05, 3.63) is 168 Å². The Hall–Kier alpha value is -11.2. The molecule has 2 unspecified atom stereocenters. The molecule has 6 saturated heterocycles. The van der Waals surface area contributed by atoms with Gasteiger partial charge in [-0.2, -0.15) is 43.4 Å². The number of rotatable bonds is 24. The first kappa shape index (κ1) is 89.6. The lowest BCUT2D eigenvalue weighted by molar-refractivity contribution is -0.127. The number of carbonyl (C=O) groups is 3. The van der Waals surface area contributed by atoms with Crippen molar-refractivity contribution in [2.24, 2.45) is 0 Å². The second-order valence-corrected chi connectivity index (χ2v) is 34.4. The van der Waals surface area contributed by atoms with E-state index in [1.165, 1.54) is 69.8 Å². The summed E-state index contributed by atoms with van der Waals surface area (Å²) in [6, 6.07) is 29.9. The zero-order valence-corrected chi connectivity index (χ0v) is 74.0. The van der Waals surface area contributed by atoms with Crippen molar-refractivity contribution in [3.63, 3.8) is 0 Å². The lowest BCUT2D eigenvalue weighted by atomic mass is 10.0. The molecule has 30 nitrogen and oxygen atoms in total. The summed E-state index contributed by atoms with van der Waals surface area (Å²) in [7, 11) is 2.12. The van der Waals surface area contributed by atoms with Gasteiger partial charge in [0.1, 0.15) is 41.3 Å². The van der Waals surface area contributed by atoms with E-state index in [0.717, 1.165) is 191 Å². The second-order valence-electron chi connectivity index (χ2n) is 34.4. The van der Waals surface area contributed by atoms with Crippen LogP contribution in [-0.4, -0.2) is 297 Å². The molecule has 0 saturated carbocycles. The maximum atomic E-state index is 12.3. The van der Waals surface area contributed by atoms with Gasteiger partial charge in [0.05, 0.1) is 86.4 Å². The molecule has 0 aliphatic carbocycles. The van der Waals surface area contributed by atoms with Crippen molar-refractivity contribution in [1.82, 2.24) is 64.3 Å². The van der Waals surface area contributed by atoms with E-state index in [1.54, 1.807) is 28.0 Å². The molecule has 9 aliphatic heterocycles. The van der Waals surface area contributed by atoms with Gasteiger partial charge >= 0.3 is 18.0 Å². The summed E-state index contributed by atoms with van der Waals surface area (Å²) in [5, 5.41) is 57.3. The van der Waals surface area contributed by atoms with Gasteiger partial charge in [0.25, 0.3) is 0 Å². The number of H-pyrrole nitrogens is 1. The topological polar surface area (TPSA) is 312 Å². The summed E-state index contributed by atoms with van der Waals surface area (Å²) in [6.07, 6.45) is 18.0. The molecule has 6 fully saturated rings. The van der Waals surface area contributed by atoms with Gasteiger partial charge in [-0.15, -0.1) is 0 Å². The third kappa shape index (κ3) is 20.7. The van der Waals surface area contributed by atoms with Crippen molar-refractivity contribution >= 4 is 98.2 Å². The molecule has 9 aromatic rings. The van der Waals surface area contributed by atoms with Crippen molar-refractivity contribution in [1.29, 1.82) is 0 Å². The number of nitrogens with zero attached hydrogens (tertiary/aromatic N) is 18. The Morgan fingerprint density at radius 2 is 0.873 bits per heavy atom. The van der Waals surface area contributed by atoms with Crippen molar-refractivity contribution < 1.29 is 54.1 Å². The molecule has 4 aromatic heterocycles. The monoisotopic (exact) mass is 1740 g/mol. The highest BCUT2D eigenvalue weighted by Gasteiger charge is 2.38. The van der Waals surface area contributed by atoms with Gasteiger partial charge in [-0.1, -0.05) is 81.1 Å². The number of likely N-dealkylation sites (tertiary alicyclic amines) is 3. The molecular weight excluding hydrogens is 1620 g/mol. The number of phenolic OH excluding ortho intramolecular Hbond substituents is 3. The van der Waals surface area contributed by atoms with Gasteiger partial charge in [-0.25, -0.2) is 0 Å². The molecule has 670 valence electrons. The number of nitrogens with one attached hydrogen (secondary N) is 1. The quantitative estimate of drug-likeness (QED) is 0.0242. The van der Waals surface area contributed by atoms with Crippen molar-refractivity contribution in [3.8, 4) is 35.3 Å². The third-order valence-electron chi connectivity index (χ3n) is 26.2. The fourth-order valence-electron chi connectivity index (χ4n) is 19.5. The molecule has 6 N–H and O–H groups in total. The molecule has 5 aromatic carbocycles. The van der Waals surface area contributed by atoms with E-state index >= 15 is 0 Å². The molecule has 9 aliphatic rings. The number of aryl methyl sites for hydroxylation is 1. The Morgan fingerprint density at radius 1 is 0.452 bits per heavy atom. The third-order valence-corrected chi connectivity index (χ3v) is 26.2. The van der Waals surface area contributed by atoms with Crippen LogP contribution >= 0.6 is 13.5 Å². The van der Waals surface area contributed by atoms with Gasteiger partial charge in [-0.05, 0) is 171 Å². The number of likely N-dealkylation sites (N-methyl/N-ethyl adjacent to an activating group) is 1. The molecule has 3 atom stereocenters. The molecular formula is C95H123N19O11S. The van der Waals surface area contributed by atoms with Gasteiger partial charge in [0, 0.05) is 172 Å². The highest BCUT2D eigenvalue weighted by molar-refractivity contribution is 7.59. The van der Waals surface area contributed by atoms with Crippen molar-refractivity contribution in [2.75, 3.05) is 200 Å². The second kappa shape index (κ2) is 41.5. The number of aliphatic hydroxyl groups excluding tert-OH is 2. The average molecular weight is 1740 g/mol. The lowest BCUT2D eigenvalue weighted by Crippen LogP contribution is -2.56. The zero-order valence-electron chi connectivity index (χ0n) is 73.0. The number of ether oxygens (including phenoxy) is 3. The fraction of sp³-hybridized carbons (Fsp3) is 0.484. The summed E-state index contributed by atoms with van der Waals surface area (Å²) in [6.45, 7) is 31.6. The van der Waals surface area contributed by atoms with E-state index in [0.29, 0.717) is 142 Å². The molecule has 0 spiro atoms. The Balaban J connectivity index is 0.000000145. The number of piperazine rings is 3. The number of benzene rings is 5. The first-order chi connectivity index (χ1) is 61.0.